The predicted molar refractivity (Wildman–Crippen MR) is 136 cm³/mol. The number of Topliss-reactive ketones (excluding diaryl/α,β-unsaturated/α-hetero) is 1. The lowest BCUT2D eigenvalue weighted by atomic mass is 9.98. The van der Waals surface area contributed by atoms with E-state index in [0.717, 1.165) is 11.1 Å². The van der Waals surface area contributed by atoms with Crippen molar-refractivity contribution in [3.63, 3.8) is 0 Å². The molecule has 176 valence electrons. The van der Waals surface area contributed by atoms with Gasteiger partial charge in [-0.25, -0.2) is 4.98 Å². The zero-order valence-corrected chi connectivity index (χ0v) is 20.4. The van der Waals surface area contributed by atoms with Crippen LogP contribution in [0.25, 0.3) is 10.6 Å². The average molecular weight is 485 g/mol. The summed E-state index contributed by atoms with van der Waals surface area (Å²) in [5.41, 5.74) is 3.13. The molecule has 4 aromatic rings. The SMILES string of the molecule is Cc1nc(-c2ccccc2)sc1C(=O)C1=C(O)C(=O)N(c2ccc(C(C)C)cc2)C1c1ccco1. The zero-order chi connectivity index (χ0) is 24.7. The molecule has 0 saturated carbocycles. The van der Waals surface area contributed by atoms with Crippen LogP contribution in [0.1, 0.15) is 52.5 Å². The van der Waals surface area contributed by atoms with E-state index in [1.54, 1.807) is 19.1 Å². The lowest BCUT2D eigenvalue weighted by Crippen LogP contribution is -2.30. The maximum absolute atomic E-state index is 13.8. The molecule has 35 heavy (non-hydrogen) atoms. The zero-order valence-electron chi connectivity index (χ0n) is 19.6. The largest absolute Gasteiger partial charge is 0.503 e. The molecule has 6 nitrogen and oxygen atoms in total. The third-order valence-corrected chi connectivity index (χ3v) is 7.33. The van der Waals surface area contributed by atoms with Gasteiger partial charge in [0, 0.05) is 11.3 Å². The number of nitrogens with zero attached hydrogens (tertiary/aromatic N) is 2. The molecule has 2 aromatic heterocycles. The van der Waals surface area contributed by atoms with Gasteiger partial charge in [-0.1, -0.05) is 56.3 Å². The number of amides is 1. The van der Waals surface area contributed by atoms with E-state index in [4.69, 9.17) is 4.42 Å². The van der Waals surface area contributed by atoms with Gasteiger partial charge in [-0.2, -0.15) is 0 Å². The van der Waals surface area contributed by atoms with Crippen molar-refractivity contribution >= 4 is 28.7 Å². The second-order valence-corrected chi connectivity index (χ2v) is 9.73. The maximum atomic E-state index is 13.8. The topological polar surface area (TPSA) is 83.6 Å². The van der Waals surface area contributed by atoms with Gasteiger partial charge in [0.05, 0.1) is 22.4 Å². The third-order valence-electron chi connectivity index (χ3n) is 6.13. The summed E-state index contributed by atoms with van der Waals surface area (Å²) in [5, 5.41) is 11.7. The Labute approximate surface area is 207 Å². The van der Waals surface area contributed by atoms with Crippen LogP contribution in [0, 0.1) is 6.92 Å². The molecule has 1 N–H and O–H groups in total. The molecule has 7 heteroatoms. The Morgan fingerprint density at radius 3 is 2.40 bits per heavy atom. The molecule has 1 aliphatic rings. The van der Waals surface area contributed by atoms with E-state index in [-0.39, 0.29) is 5.57 Å². The van der Waals surface area contributed by atoms with Crippen LogP contribution in [0.3, 0.4) is 0 Å². The number of aliphatic hydroxyl groups excluding tert-OH is 1. The number of furan rings is 1. The van der Waals surface area contributed by atoms with Crippen LogP contribution < -0.4 is 4.90 Å². The Morgan fingerprint density at radius 2 is 1.77 bits per heavy atom. The number of carbonyl (C=O) groups is 2. The molecule has 0 saturated heterocycles. The molecule has 3 heterocycles. The van der Waals surface area contributed by atoms with Gasteiger partial charge in [0.1, 0.15) is 16.8 Å². The number of carbonyl (C=O) groups excluding carboxylic acids is 2. The summed E-state index contributed by atoms with van der Waals surface area (Å²) in [6, 6.07) is 19.6. The van der Waals surface area contributed by atoms with Crippen LogP contribution in [0.15, 0.2) is 88.7 Å². The number of aromatic nitrogens is 1. The summed E-state index contributed by atoms with van der Waals surface area (Å²) in [6.07, 6.45) is 1.49. The lowest BCUT2D eigenvalue weighted by molar-refractivity contribution is -0.117. The van der Waals surface area contributed by atoms with Gasteiger partial charge >= 0.3 is 0 Å². The van der Waals surface area contributed by atoms with Crippen molar-refractivity contribution < 1.29 is 19.1 Å². The summed E-state index contributed by atoms with van der Waals surface area (Å²) < 4.78 is 5.65. The number of anilines is 1. The summed E-state index contributed by atoms with van der Waals surface area (Å²) in [4.78, 5) is 33.5. The van der Waals surface area contributed by atoms with Crippen molar-refractivity contribution in [2.45, 2.75) is 32.7 Å². The summed E-state index contributed by atoms with van der Waals surface area (Å²) in [7, 11) is 0. The van der Waals surface area contributed by atoms with E-state index in [9.17, 15) is 14.7 Å². The fraction of sp³-hybridized carbons (Fsp3) is 0.179. The molecule has 1 aliphatic heterocycles. The highest BCUT2D eigenvalue weighted by molar-refractivity contribution is 7.17. The van der Waals surface area contributed by atoms with Gasteiger partial charge in [-0.15, -0.1) is 11.3 Å². The second kappa shape index (κ2) is 9.00. The van der Waals surface area contributed by atoms with Crippen molar-refractivity contribution in [2.24, 2.45) is 0 Å². The number of hydrogen-bond donors (Lipinski definition) is 1. The van der Waals surface area contributed by atoms with E-state index in [0.29, 0.717) is 32.9 Å². The van der Waals surface area contributed by atoms with Crippen LogP contribution >= 0.6 is 11.3 Å². The van der Waals surface area contributed by atoms with E-state index >= 15 is 0 Å². The first kappa shape index (κ1) is 22.8. The molecule has 0 spiro atoms. The van der Waals surface area contributed by atoms with Crippen molar-refractivity contribution in [3.05, 3.63) is 106 Å². The van der Waals surface area contributed by atoms with E-state index < -0.39 is 23.5 Å². The maximum Gasteiger partial charge on any atom is 0.294 e. The monoisotopic (exact) mass is 484 g/mol. The molecule has 0 bridgehead atoms. The highest BCUT2D eigenvalue weighted by Crippen LogP contribution is 2.43. The van der Waals surface area contributed by atoms with Crippen LogP contribution in [0.5, 0.6) is 0 Å². The van der Waals surface area contributed by atoms with Crippen molar-refractivity contribution in [2.75, 3.05) is 4.90 Å². The minimum Gasteiger partial charge on any atom is -0.503 e. The highest BCUT2D eigenvalue weighted by atomic mass is 32.1. The van der Waals surface area contributed by atoms with Gasteiger partial charge < -0.3 is 9.52 Å². The fourth-order valence-electron chi connectivity index (χ4n) is 4.27. The Balaban J connectivity index is 1.58. The fourth-order valence-corrected chi connectivity index (χ4v) is 5.30. The number of ketones is 1. The molecule has 1 unspecified atom stereocenters. The first-order chi connectivity index (χ1) is 16.9. The lowest BCUT2D eigenvalue weighted by Gasteiger charge is -2.25. The quantitative estimate of drug-likeness (QED) is 0.311. The molecule has 5 rings (SSSR count). The number of aliphatic hydroxyl groups is 1. The summed E-state index contributed by atoms with van der Waals surface area (Å²) in [5.74, 6) is -0.924. The van der Waals surface area contributed by atoms with Gasteiger partial charge in [-0.05, 0) is 42.7 Å². The predicted octanol–water partition coefficient (Wildman–Crippen LogP) is 6.62. The highest BCUT2D eigenvalue weighted by Gasteiger charge is 2.46. The molecule has 0 fully saturated rings. The Bertz CT molecular complexity index is 1420. The van der Waals surface area contributed by atoms with Gasteiger partial charge in [0.25, 0.3) is 5.91 Å². The molecule has 1 amide bonds. The van der Waals surface area contributed by atoms with Crippen molar-refractivity contribution in [3.8, 4) is 10.6 Å². The molecule has 1 atom stereocenters. The van der Waals surface area contributed by atoms with Gasteiger partial charge in [0.2, 0.25) is 5.78 Å². The number of hydrogen-bond acceptors (Lipinski definition) is 6. The summed E-state index contributed by atoms with van der Waals surface area (Å²) >= 11 is 1.25. The minimum atomic E-state index is -0.892. The third kappa shape index (κ3) is 3.98. The number of rotatable bonds is 6. The molecule has 0 aliphatic carbocycles. The van der Waals surface area contributed by atoms with E-state index in [2.05, 4.69) is 18.8 Å². The number of aryl methyl sites for hydroxylation is 1. The average Bonchev–Trinajstić information content (AvgIpc) is 3.59. The van der Waals surface area contributed by atoms with Crippen molar-refractivity contribution in [1.29, 1.82) is 0 Å². The number of thiazole rings is 1. The molecule has 2 aromatic carbocycles. The van der Waals surface area contributed by atoms with Crippen LogP contribution in [0.4, 0.5) is 5.69 Å². The van der Waals surface area contributed by atoms with E-state index in [1.807, 2.05) is 54.6 Å². The van der Waals surface area contributed by atoms with Crippen LogP contribution in [0.2, 0.25) is 0 Å². The van der Waals surface area contributed by atoms with Crippen molar-refractivity contribution in [1.82, 2.24) is 4.98 Å². The normalized spacial score (nSPS) is 15.9. The molecular formula is C28H24N2O4S. The Hall–Kier alpha value is -3.97. The first-order valence-electron chi connectivity index (χ1n) is 11.3. The second-order valence-electron chi connectivity index (χ2n) is 8.73. The Morgan fingerprint density at radius 1 is 1.06 bits per heavy atom. The standard InChI is InChI=1S/C28H24N2O4S/c1-16(2)18-11-13-20(14-12-18)30-23(21-10-7-15-34-21)22(25(32)28(30)33)24(31)26-17(3)29-27(35-26)19-8-5-4-6-9-19/h4-16,23,32H,1-3H3. The van der Waals surface area contributed by atoms with E-state index in [1.165, 1.54) is 22.5 Å². The number of benzene rings is 2. The van der Waals surface area contributed by atoms with Gasteiger partial charge in [0.15, 0.2) is 5.76 Å². The Kier molecular flexibility index (Phi) is 5.86. The minimum absolute atomic E-state index is 0.00996. The van der Waals surface area contributed by atoms with Gasteiger partial charge in [-0.3, -0.25) is 14.5 Å². The smallest absolute Gasteiger partial charge is 0.294 e. The van der Waals surface area contributed by atoms with Crippen LogP contribution in [-0.4, -0.2) is 21.8 Å². The van der Waals surface area contributed by atoms with Crippen LogP contribution in [-0.2, 0) is 4.79 Å². The molecule has 0 radical (unpaired) electrons. The first-order valence-corrected chi connectivity index (χ1v) is 12.2. The summed E-state index contributed by atoms with van der Waals surface area (Å²) in [6.45, 7) is 5.94. The molecular weight excluding hydrogens is 460 g/mol.